The van der Waals surface area contributed by atoms with Crippen molar-refractivity contribution in [1.29, 1.82) is 0 Å². The molecule has 0 aliphatic rings. The molecular weight excluding hydrogens is 651 g/mol. The standard InChI is InChI=1S/C49H29NOS/c1-2-12-30(13-3-1)46-47-37-19-4-7-21-41(37)50-49(40(47)29-43-48(46)38-20-5-8-22-42(38)51-43)35-17-11-16-33(27-35)31-14-10-15-32(26-31)34-24-25-45-39(28-34)36-18-6-9-23-44(36)52-45/h1-29H. The van der Waals surface area contributed by atoms with Crippen LogP contribution in [0.2, 0.25) is 0 Å². The Balaban J connectivity index is 1.12. The van der Waals surface area contributed by atoms with Crippen molar-refractivity contribution in [2.75, 3.05) is 0 Å². The molecule has 3 aromatic heterocycles. The Kier molecular flexibility index (Phi) is 6.46. The van der Waals surface area contributed by atoms with Crippen LogP contribution in [0.5, 0.6) is 0 Å². The zero-order chi connectivity index (χ0) is 34.2. The SMILES string of the molecule is c1ccc(-c2c3c(cc4c(-c5cccc(-c6cccc(-c7ccc8sc9ccccc9c8c7)c6)c5)nc5ccccc5c24)oc2ccccc23)cc1. The molecule has 11 rings (SSSR count). The zero-order valence-corrected chi connectivity index (χ0v) is 28.8. The van der Waals surface area contributed by atoms with Gasteiger partial charge in [0.05, 0.1) is 11.2 Å². The molecule has 0 aliphatic heterocycles. The average molecular weight is 680 g/mol. The highest BCUT2D eigenvalue weighted by molar-refractivity contribution is 7.25. The largest absolute Gasteiger partial charge is 0.456 e. The van der Waals surface area contributed by atoms with E-state index in [-0.39, 0.29) is 0 Å². The molecule has 0 amide bonds. The highest BCUT2D eigenvalue weighted by Crippen LogP contribution is 2.46. The molecule has 242 valence electrons. The number of thiophene rings is 1. The van der Waals surface area contributed by atoms with E-state index in [1.165, 1.54) is 47.8 Å². The summed E-state index contributed by atoms with van der Waals surface area (Å²) in [6.07, 6.45) is 0. The van der Waals surface area contributed by atoms with Crippen molar-refractivity contribution in [1.82, 2.24) is 4.98 Å². The van der Waals surface area contributed by atoms with E-state index in [1.54, 1.807) is 0 Å². The van der Waals surface area contributed by atoms with E-state index in [1.807, 2.05) is 17.4 Å². The van der Waals surface area contributed by atoms with Gasteiger partial charge in [0.1, 0.15) is 11.2 Å². The molecule has 3 heteroatoms. The predicted molar refractivity (Wildman–Crippen MR) is 221 cm³/mol. The topological polar surface area (TPSA) is 26.0 Å². The summed E-state index contributed by atoms with van der Waals surface area (Å²) in [5.41, 5.74) is 11.8. The van der Waals surface area contributed by atoms with Gasteiger partial charge in [-0.15, -0.1) is 11.3 Å². The minimum absolute atomic E-state index is 0.866. The van der Waals surface area contributed by atoms with Crippen LogP contribution < -0.4 is 0 Å². The van der Waals surface area contributed by atoms with Gasteiger partial charge < -0.3 is 4.42 Å². The number of pyridine rings is 1. The quantitative estimate of drug-likeness (QED) is 0.173. The van der Waals surface area contributed by atoms with Crippen LogP contribution in [0.4, 0.5) is 0 Å². The molecular formula is C49H29NOS. The average Bonchev–Trinajstić information content (AvgIpc) is 3.78. The first kappa shape index (κ1) is 29.2. The molecule has 3 heterocycles. The van der Waals surface area contributed by atoms with E-state index in [9.17, 15) is 0 Å². The fourth-order valence-electron chi connectivity index (χ4n) is 8.06. The second-order valence-electron chi connectivity index (χ2n) is 13.5. The maximum Gasteiger partial charge on any atom is 0.136 e. The van der Waals surface area contributed by atoms with Gasteiger partial charge in [-0.3, -0.25) is 0 Å². The van der Waals surface area contributed by atoms with E-state index < -0.39 is 0 Å². The Bertz CT molecular complexity index is 3190. The lowest BCUT2D eigenvalue weighted by atomic mass is 9.89. The molecule has 0 saturated carbocycles. The number of furan rings is 1. The number of benzene rings is 8. The summed E-state index contributed by atoms with van der Waals surface area (Å²) in [4.78, 5) is 5.38. The van der Waals surface area contributed by atoms with Crippen LogP contribution in [0.3, 0.4) is 0 Å². The smallest absolute Gasteiger partial charge is 0.136 e. The second kappa shape index (κ2) is 11.5. The van der Waals surface area contributed by atoms with Gasteiger partial charge in [-0.2, -0.15) is 0 Å². The third kappa shape index (κ3) is 4.53. The lowest BCUT2D eigenvalue weighted by Crippen LogP contribution is -1.93. The van der Waals surface area contributed by atoms with Gasteiger partial charge in [0.15, 0.2) is 0 Å². The summed E-state index contributed by atoms with van der Waals surface area (Å²) in [7, 11) is 0. The van der Waals surface area contributed by atoms with Crippen LogP contribution in [0.15, 0.2) is 180 Å². The Morgan fingerprint density at radius 3 is 1.81 bits per heavy atom. The molecule has 0 unspecified atom stereocenters. The Morgan fingerprint density at radius 2 is 0.981 bits per heavy atom. The minimum atomic E-state index is 0.866. The normalized spacial score (nSPS) is 11.8. The van der Waals surface area contributed by atoms with Crippen LogP contribution >= 0.6 is 11.3 Å². The monoisotopic (exact) mass is 679 g/mol. The van der Waals surface area contributed by atoms with Crippen molar-refractivity contribution < 1.29 is 4.42 Å². The fourth-order valence-corrected chi connectivity index (χ4v) is 9.15. The summed E-state index contributed by atoms with van der Waals surface area (Å²) in [6.45, 7) is 0. The number of fused-ring (bicyclic) bond motifs is 9. The fraction of sp³-hybridized carbons (Fsp3) is 0. The Labute approximate surface area is 303 Å². The van der Waals surface area contributed by atoms with Gasteiger partial charge in [0, 0.05) is 58.2 Å². The molecule has 0 radical (unpaired) electrons. The summed E-state index contributed by atoms with van der Waals surface area (Å²) < 4.78 is 9.24. The molecule has 0 saturated heterocycles. The Morgan fingerprint density at radius 1 is 0.365 bits per heavy atom. The van der Waals surface area contributed by atoms with Crippen LogP contribution in [0, 0.1) is 0 Å². The van der Waals surface area contributed by atoms with Gasteiger partial charge >= 0.3 is 0 Å². The van der Waals surface area contributed by atoms with Gasteiger partial charge in [0.2, 0.25) is 0 Å². The highest BCUT2D eigenvalue weighted by atomic mass is 32.1. The number of nitrogens with zero attached hydrogens (tertiary/aromatic N) is 1. The highest BCUT2D eigenvalue weighted by Gasteiger charge is 2.21. The molecule has 0 atom stereocenters. The number of rotatable bonds is 4. The first-order valence-corrected chi connectivity index (χ1v) is 18.4. The lowest BCUT2D eigenvalue weighted by Gasteiger charge is -2.16. The third-order valence-corrected chi connectivity index (χ3v) is 11.6. The molecule has 2 nitrogen and oxygen atoms in total. The number of hydrogen-bond acceptors (Lipinski definition) is 3. The summed E-state index contributed by atoms with van der Waals surface area (Å²) >= 11 is 1.86. The van der Waals surface area contributed by atoms with Crippen LogP contribution in [0.25, 0.3) is 108 Å². The molecule has 0 aliphatic carbocycles. The minimum Gasteiger partial charge on any atom is -0.456 e. The lowest BCUT2D eigenvalue weighted by molar-refractivity contribution is 0.669. The zero-order valence-electron chi connectivity index (χ0n) is 28.0. The molecule has 0 fully saturated rings. The van der Waals surface area contributed by atoms with E-state index >= 15 is 0 Å². The number of para-hydroxylation sites is 2. The van der Waals surface area contributed by atoms with E-state index in [2.05, 4.69) is 170 Å². The van der Waals surface area contributed by atoms with Crippen molar-refractivity contribution in [3.63, 3.8) is 0 Å². The van der Waals surface area contributed by atoms with Gasteiger partial charge in [0.25, 0.3) is 0 Å². The predicted octanol–water partition coefficient (Wildman–Crippen LogP) is 14.3. The maximum atomic E-state index is 6.59. The van der Waals surface area contributed by atoms with Crippen LogP contribution in [-0.4, -0.2) is 4.98 Å². The molecule has 52 heavy (non-hydrogen) atoms. The summed E-state index contributed by atoms with van der Waals surface area (Å²) in [5.74, 6) is 0. The van der Waals surface area contributed by atoms with E-state index in [0.29, 0.717) is 0 Å². The van der Waals surface area contributed by atoms with Gasteiger partial charge in [-0.05, 0) is 76.3 Å². The molecule has 0 bridgehead atoms. The van der Waals surface area contributed by atoms with Gasteiger partial charge in [-0.1, -0.05) is 127 Å². The maximum absolute atomic E-state index is 6.59. The first-order valence-electron chi connectivity index (χ1n) is 17.6. The molecule has 8 aromatic carbocycles. The Hall–Kier alpha value is -6.55. The van der Waals surface area contributed by atoms with E-state index in [0.717, 1.165) is 60.6 Å². The van der Waals surface area contributed by atoms with E-state index in [4.69, 9.17) is 9.40 Å². The van der Waals surface area contributed by atoms with Crippen LogP contribution in [0.1, 0.15) is 0 Å². The third-order valence-electron chi connectivity index (χ3n) is 10.4. The van der Waals surface area contributed by atoms with Crippen molar-refractivity contribution in [2.45, 2.75) is 0 Å². The van der Waals surface area contributed by atoms with Crippen molar-refractivity contribution in [2.24, 2.45) is 0 Å². The number of aromatic nitrogens is 1. The molecule has 11 aromatic rings. The first-order chi connectivity index (χ1) is 25.8. The van der Waals surface area contributed by atoms with Gasteiger partial charge in [-0.25, -0.2) is 4.98 Å². The number of hydrogen-bond donors (Lipinski definition) is 0. The molecule has 0 N–H and O–H groups in total. The summed E-state index contributed by atoms with van der Waals surface area (Å²) in [5, 5.41) is 8.28. The van der Waals surface area contributed by atoms with Crippen molar-refractivity contribution in [3.8, 4) is 44.6 Å². The van der Waals surface area contributed by atoms with Crippen molar-refractivity contribution in [3.05, 3.63) is 176 Å². The summed E-state index contributed by atoms with van der Waals surface area (Å²) in [6, 6.07) is 63.1. The second-order valence-corrected chi connectivity index (χ2v) is 14.5. The molecule has 0 spiro atoms. The van der Waals surface area contributed by atoms with Crippen molar-refractivity contribution >= 4 is 75.1 Å². The van der Waals surface area contributed by atoms with Crippen LogP contribution in [-0.2, 0) is 0 Å².